The van der Waals surface area contributed by atoms with Crippen LogP contribution in [-0.2, 0) is 14.9 Å². The van der Waals surface area contributed by atoms with Crippen LogP contribution in [0.3, 0.4) is 0 Å². The number of alkyl carbamates (subject to hydrolysis) is 2. The maximum absolute atomic E-state index is 12.4. The molecule has 0 fully saturated rings. The van der Waals surface area contributed by atoms with E-state index in [-0.39, 0.29) is 11.5 Å². The first-order chi connectivity index (χ1) is 25.0. The Morgan fingerprint density at radius 2 is 1.47 bits per heavy atom. The first-order valence-electron chi connectivity index (χ1n) is 20.2. The Morgan fingerprint density at radius 1 is 0.868 bits per heavy atom. The fraction of sp³-hybridized carbons (Fsp3) is 0.622. The molecule has 8 heteroatoms. The number of nitrogens with one attached hydrogen (secondary N) is 2. The van der Waals surface area contributed by atoms with Gasteiger partial charge in [-0.15, -0.1) is 0 Å². The number of carbonyl (C=O) groups is 2. The third kappa shape index (κ3) is 16.4. The number of nitrogens with zero attached hydrogens (tertiary/aromatic N) is 2. The Labute approximate surface area is 322 Å². The molecule has 0 bridgehead atoms. The summed E-state index contributed by atoms with van der Waals surface area (Å²) >= 11 is 0. The zero-order valence-corrected chi connectivity index (χ0v) is 35.0. The number of carbonyl (C=O) groups excluding carboxylic acids is 2. The van der Waals surface area contributed by atoms with Gasteiger partial charge in [0.2, 0.25) is 5.69 Å². The molecule has 1 atom stereocenters. The monoisotopic (exact) mass is 734 g/mol. The molecule has 1 aliphatic rings. The van der Waals surface area contributed by atoms with E-state index in [2.05, 4.69) is 109 Å². The average Bonchev–Trinajstić information content (AvgIpc) is 3.30. The highest BCUT2D eigenvalue weighted by molar-refractivity contribution is 6.03. The third-order valence-electron chi connectivity index (χ3n) is 9.28. The van der Waals surface area contributed by atoms with Crippen LogP contribution in [-0.4, -0.2) is 64.8 Å². The summed E-state index contributed by atoms with van der Waals surface area (Å²) < 4.78 is 13.3. The molecule has 0 saturated carbocycles. The summed E-state index contributed by atoms with van der Waals surface area (Å²) in [7, 11) is 0. The number of fused-ring (bicyclic) bond motifs is 1. The van der Waals surface area contributed by atoms with Crippen molar-refractivity contribution in [2.45, 2.75) is 156 Å². The van der Waals surface area contributed by atoms with Crippen LogP contribution in [0.5, 0.6) is 0 Å². The van der Waals surface area contributed by atoms with Gasteiger partial charge in [-0.2, -0.15) is 4.58 Å². The second-order valence-electron chi connectivity index (χ2n) is 16.5. The molecule has 0 aromatic heterocycles. The molecule has 296 valence electrons. The summed E-state index contributed by atoms with van der Waals surface area (Å²) in [5.41, 5.74) is 4.69. The van der Waals surface area contributed by atoms with E-state index < -0.39 is 17.3 Å². The van der Waals surface area contributed by atoms with Crippen molar-refractivity contribution < 1.29 is 23.6 Å². The molecule has 2 amide bonds. The lowest BCUT2D eigenvalue weighted by Gasteiger charge is -2.26. The molecule has 8 nitrogen and oxygen atoms in total. The van der Waals surface area contributed by atoms with Gasteiger partial charge in [0.25, 0.3) is 0 Å². The number of amides is 2. The number of hydrogen-bond donors (Lipinski definition) is 2. The van der Waals surface area contributed by atoms with Crippen molar-refractivity contribution in [1.29, 1.82) is 0 Å². The average molecular weight is 734 g/mol. The lowest BCUT2D eigenvalue weighted by atomic mass is 9.75. The van der Waals surface area contributed by atoms with Gasteiger partial charge in [-0.25, -0.2) is 9.59 Å². The minimum absolute atomic E-state index is 0.140. The van der Waals surface area contributed by atoms with E-state index in [1.165, 1.54) is 55.5 Å². The molecular weight excluding hydrogens is 661 g/mol. The van der Waals surface area contributed by atoms with Gasteiger partial charge < -0.3 is 25.0 Å². The molecule has 1 heterocycles. The molecule has 0 spiro atoms. The molecule has 0 radical (unpaired) electrons. The zero-order chi connectivity index (χ0) is 39.5. The molecule has 2 N–H and O–H groups in total. The molecule has 2 rings (SSSR count). The minimum Gasteiger partial charge on any atom is -0.444 e. The second-order valence-corrected chi connectivity index (χ2v) is 16.5. The van der Waals surface area contributed by atoms with Crippen LogP contribution in [0.15, 0.2) is 72.6 Å². The third-order valence-corrected chi connectivity index (χ3v) is 9.28. The van der Waals surface area contributed by atoms with Crippen LogP contribution < -0.4 is 10.6 Å². The quantitative estimate of drug-likeness (QED) is 0.0704. The van der Waals surface area contributed by atoms with Crippen LogP contribution >= 0.6 is 0 Å². The van der Waals surface area contributed by atoms with E-state index >= 15 is 0 Å². The maximum atomic E-state index is 12.4. The lowest BCUT2D eigenvalue weighted by Crippen LogP contribution is -2.34. The van der Waals surface area contributed by atoms with Gasteiger partial charge in [0.1, 0.15) is 11.2 Å². The summed E-state index contributed by atoms with van der Waals surface area (Å²) in [6, 6.07) is 8.79. The van der Waals surface area contributed by atoms with Gasteiger partial charge in [-0.3, -0.25) is 0 Å². The highest BCUT2D eigenvalue weighted by atomic mass is 16.6. The molecule has 1 aromatic rings. The Hall–Kier alpha value is -3.81. The molecule has 1 unspecified atom stereocenters. The SMILES string of the molecule is C=C(/C=C\CCCCC)N(CCCNC(=O)OC(C)(C)C)C(C)=CC=CC1=[N+](CCCNC(=O)OC(C)(C)C)c2ccccc2C1(C)CCCCCC. The van der Waals surface area contributed by atoms with Crippen LogP contribution in [0.25, 0.3) is 0 Å². The number of allylic oxidation sites excluding steroid dienone is 6. The topological polar surface area (TPSA) is 82.9 Å². The predicted octanol–water partition coefficient (Wildman–Crippen LogP) is 11.3. The van der Waals surface area contributed by atoms with E-state index in [1.807, 2.05) is 41.5 Å². The number of hydrogen-bond acceptors (Lipinski definition) is 5. The van der Waals surface area contributed by atoms with E-state index in [1.54, 1.807) is 0 Å². The number of para-hydroxylation sites is 1. The summed E-state index contributed by atoms with van der Waals surface area (Å²) in [5, 5.41) is 5.83. The summed E-state index contributed by atoms with van der Waals surface area (Å²) in [4.78, 5) is 26.8. The minimum atomic E-state index is -0.532. The van der Waals surface area contributed by atoms with E-state index in [0.717, 1.165) is 50.0 Å². The van der Waals surface area contributed by atoms with Crippen molar-refractivity contribution in [3.05, 3.63) is 78.2 Å². The number of rotatable bonds is 22. The van der Waals surface area contributed by atoms with Gasteiger partial charge >= 0.3 is 12.2 Å². The molecule has 0 saturated heterocycles. The summed E-state index contributed by atoms with van der Waals surface area (Å²) in [6.45, 7) is 27.2. The molecule has 1 aromatic carbocycles. The Bertz CT molecular complexity index is 1440. The van der Waals surface area contributed by atoms with Crippen molar-refractivity contribution in [3.63, 3.8) is 0 Å². The number of unbranched alkanes of at least 4 members (excludes halogenated alkanes) is 6. The van der Waals surface area contributed by atoms with Crippen molar-refractivity contribution in [3.8, 4) is 0 Å². The smallest absolute Gasteiger partial charge is 0.407 e. The molecular formula is C45H73N4O4+. The van der Waals surface area contributed by atoms with Crippen molar-refractivity contribution >= 4 is 23.6 Å². The Balaban J connectivity index is 2.38. The van der Waals surface area contributed by atoms with Crippen LogP contribution in [0.2, 0.25) is 0 Å². The summed E-state index contributed by atoms with van der Waals surface area (Å²) in [6.07, 6.45) is 22.2. The van der Waals surface area contributed by atoms with Crippen molar-refractivity contribution in [2.24, 2.45) is 0 Å². The Morgan fingerprint density at radius 3 is 2.09 bits per heavy atom. The van der Waals surface area contributed by atoms with Crippen LogP contribution in [0.1, 0.15) is 145 Å². The fourth-order valence-corrected chi connectivity index (χ4v) is 6.64. The molecule has 1 aliphatic heterocycles. The van der Waals surface area contributed by atoms with Crippen molar-refractivity contribution in [1.82, 2.24) is 15.5 Å². The molecule has 53 heavy (non-hydrogen) atoms. The maximum Gasteiger partial charge on any atom is 0.407 e. The zero-order valence-electron chi connectivity index (χ0n) is 35.0. The van der Waals surface area contributed by atoms with Crippen LogP contribution in [0.4, 0.5) is 15.3 Å². The van der Waals surface area contributed by atoms with Gasteiger partial charge in [0.05, 0.1) is 5.41 Å². The highest BCUT2D eigenvalue weighted by Crippen LogP contribution is 2.43. The normalized spacial score (nSPS) is 16.3. The summed E-state index contributed by atoms with van der Waals surface area (Å²) in [5.74, 6) is 0. The van der Waals surface area contributed by atoms with Crippen LogP contribution in [0, 0.1) is 0 Å². The van der Waals surface area contributed by atoms with Crippen molar-refractivity contribution in [2.75, 3.05) is 26.2 Å². The largest absolute Gasteiger partial charge is 0.444 e. The van der Waals surface area contributed by atoms with E-state index in [0.29, 0.717) is 19.6 Å². The van der Waals surface area contributed by atoms with E-state index in [9.17, 15) is 9.59 Å². The molecule has 0 aliphatic carbocycles. The number of ether oxygens (including phenoxy) is 2. The number of benzene rings is 1. The van der Waals surface area contributed by atoms with Gasteiger partial charge in [-0.1, -0.05) is 89.3 Å². The Kier molecular flexibility index (Phi) is 19.2. The predicted molar refractivity (Wildman–Crippen MR) is 222 cm³/mol. The first-order valence-corrected chi connectivity index (χ1v) is 20.2. The van der Waals surface area contributed by atoms with E-state index in [4.69, 9.17) is 9.47 Å². The van der Waals surface area contributed by atoms with Gasteiger partial charge in [0, 0.05) is 55.2 Å². The standard InChI is InChI=1S/C45H72N4O4/c1-12-14-16-18-19-26-36(3)48(34-24-32-46-41(50)52-43(5,6)7)37(4)27-23-30-40-45(11,31-22-17-15-13-2)38-28-20-21-29-39(38)49(40)35-25-33-47-42(51)53-44(8,9)10/h19-21,23,26-30H,3,12-18,22,24-25,31-35H2,1-2,4-11H3,(H-,46,47,50,51)/p+1/b26-19-. The second kappa shape index (κ2) is 22.4. The van der Waals surface area contributed by atoms with Gasteiger partial charge in [-0.05, 0) is 93.2 Å². The highest BCUT2D eigenvalue weighted by Gasteiger charge is 2.46. The lowest BCUT2D eigenvalue weighted by molar-refractivity contribution is -0.438. The first kappa shape index (κ1) is 45.3. The van der Waals surface area contributed by atoms with Gasteiger partial charge in [0.15, 0.2) is 12.3 Å². The fourth-order valence-electron chi connectivity index (χ4n) is 6.64.